The molecule has 3 amide bonds. The largest absolute Gasteiger partial charge is 0.418 e. The van der Waals surface area contributed by atoms with Crippen LogP contribution in [0.25, 0.3) is 11.3 Å². The molecule has 2 aromatic rings. The first kappa shape index (κ1) is 23.1. The normalized spacial score (nSPS) is 23.4. The molecular formula is C26H25F3N4O3. The molecule has 7 nitrogen and oxygen atoms in total. The number of fused-ring (bicyclic) bond motifs is 1. The number of hydrogen-bond acceptors (Lipinski definition) is 5. The minimum Gasteiger partial charge on any atom is -0.322 e. The third-order valence-corrected chi connectivity index (χ3v) is 8.04. The van der Waals surface area contributed by atoms with E-state index < -0.39 is 23.7 Å². The van der Waals surface area contributed by atoms with Gasteiger partial charge < -0.3 is 4.90 Å². The van der Waals surface area contributed by atoms with Crippen molar-refractivity contribution < 1.29 is 27.6 Å². The van der Waals surface area contributed by atoms with Crippen molar-refractivity contribution in [2.45, 2.75) is 57.4 Å². The molecule has 3 fully saturated rings. The number of benzene rings is 1. The van der Waals surface area contributed by atoms with Crippen LogP contribution in [0.5, 0.6) is 0 Å². The molecule has 1 unspecified atom stereocenters. The maximum atomic E-state index is 14.3. The molecule has 1 saturated carbocycles. The Kier molecular flexibility index (Phi) is 5.22. The van der Waals surface area contributed by atoms with Crippen molar-refractivity contribution >= 4 is 17.7 Å². The molecule has 1 aliphatic carbocycles. The number of hydrogen-bond donors (Lipinski definition) is 1. The van der Waals surface area contributed by atoms with E-state index in [9.17, 15) is 27.6 Å². The highest BCUT2D eigenvalue weighted by Crippen LogP contribution is 2.49. The second-order valence-electron chi connectivity index (χ2n) is 10.5. The maximum absolute atomic E-state index is 14.3. The second kappa shape index (κ2) is 8.12. The number of carbonyl (C=O) groups is 3. The van der Waals surface area contributed by atoms with E-state index in [1.807, 2.05) is 0 Å². The van der Waals surface area contributed by atoms with Gasteiger partial charge in [0.2, 0.25) is 11.8 Å². The van der Waals surface area contributed by atoms with E-state index in [0.717, 1.165) is 25.9 Å². The lowest BCUT2D eigenvalue weighted by molar-refractivity contribution is -0.139. The van der Waals surface area contributed by atoms with Crippen molar-refractivity contribution in [3.8, 4) is 11.3 Å². The first-order chi connectivity index (χ1) is 17.1. The van der Waals surface area contributed by atoms with Gasteiger partial charge in [-0.2, -0.15) is 13.2 Å². The third kappa shape index (κ3) is 3.78. The number of aromatic nitrogens is 1. The van der Waals surface area contributed by atoms with E-state index in [4.69, 9.17) is 0 Å². The Hall–Kier alpha value is -3.27. The summed E-state index contributed by atoms with van der Waals surface area (Å²) in [6.07, 6.45) is 0.672. The van der Waals surface area contributed by atoms with Gasteiger partial charge in [0, 0.05) is 49.9 Å². The van der Waals surface area contributed by atoms with Gasteiger partial charge in [0.15, 0.2) is 0 Å². The summed E-state index contributed by atoms with van der Waals surface area (Å²) >= 11 is 0. The first-order valence-electron chi connectivity index (χ1n) is 12.2. The molecular weight excluding hydrogens is 473 g/mol. The lowest BCUT2D eigenvalue weighted by atomic mass is 9.63. The second-order valence-corrected chi connectivity index (χ2v) is 10.5. The van der Waals surface area contributed by atoms with Crippen molar-refractivity contribution in [1.82, 2.24) is 20.1 Å². The van der Waals surface area contributed by atoms with Crippen LogP contribution >= 0.6 is 0 Å². The molecule has 188 valence electrons. The van der Waals surface area contributed by atoms with Gasteiger partial charge in [0.05, 0.1) is 11.3 Å². The van der Waals surface area contributed by atoms with Gasteiger partial charge in [0.1, 0.15) is 6.04 Å². The summed E-state index contributed by atoms with van der Waals surface area (Å²) in [5.41, 5.74) is 0.773. The number of piperidine rings is 1. The van der Waals surface area contributed by atoms with Crippen LogP contribution in [0.3, 0.4) is 0 Å². The Morgan fingerprint density at radius 1 is 1.11 bits per heavy atom. The molecule has 1 atom stereocenters. The molecule has 2 saturated heterocycles. The monoisotopic (exact) mass is 498 g/mol. The fourth-order valence-electron chi connectivity index (χ4n) is 6.14. The number of halogens is 3. The van der Waals surface area contributed by atoms with Gasteiger partial charge in [-0.3, -0.25) is 29.6 Å². The zero-order valence-electron chi connectivity index (χ0n) is 19.5. The highest BCUT2D eigenvalue weighted by Gasteiger charge is 2.48. The van der Waals surface area contributed by atoms with E-state index >= 15 is 0 Å². The fourth-order valence-corrected chi connectivity index (χ4v) is 6.14. The number of carbonyl (C=O) groups excluding carboxylic acids is 3. The minimum absolute atomic E-state index is 0.0885. The average molecular weight is 499 g/mol. The van der Waals surface area contributed by atoms with E-state index in [1.54, 1.807) is 6.07 Å². The standard InChI is InChI=1S/C26H25F3N4O3/c27-26(28,29)21-16(11-32-13-25(14-32)7-1-8-25)6-9-30-22(21)15-2-3-18-17(10-15)12-33(24(18)36)19-4-5-20(34)31-23(19)35/h2-3,6,9-10,19H,1,4-5,7-8,11-14H2,(H,31,34,35). The number of nitrogens with zero attached hydrogens (tertiary/aromatic N) is 3. The van der Waals surface area contributed by atoms with Gasteiger partial charge >= 0.3 is 6.18 Å². The quantitative estimate of drug-likeness (QED) is 0.653. The number of alkyl halides is 3. The molecule has 1 aromatic heterocycles. The predicted molar refractivity (Wildman–Crippen MR) is 122 cm³/mol. The number of pyridine rings is 1. The molecule has 4 aliphatic rings. The molecule has 1 spiro atoms. The van der Waals surface area contributed by atoms with Crippen LogP contribution in [0, 0.1) is 5.41 Å². The summed E-state index contributed by atoms with van der Waals surface area (Å²) in [5, 5.41) is 2.25. The predicted octanol–water partition coefficient (Wildman–Crippen LogP) is 3.51. The summed E-state index contributed by atoms with van der Waals surface area (Å²) in [5.74, 6) is -1.28. The van der Waals surface area contributed by atoms with Crippen molar-refractivity contribution in [3.05, 3.63) is 52.7 Å². The van der Waals surface area contributed by atoms with Crippen LogP contribution in [0.4, 0.5) is 13.2 Å². The van der Waals surface area contributed by atoms with Crippen molar-refractivity contribution in [2.75, 3.05) is 13.1 Å². The smallest absolute Gasteiger partial charge is 0.322 e. The van der Waals surface area contributed by atoms with E-state index in [2.05, 4.69) is 15.2 Å². The molecule has 1 N–H and O–H groups in total. The number of nitrogens with one attached hydrogen (secondary N) is 1. The minimum atomic E-state index is -4.59. The van der Waals surface area contributed by atoms with Crippen molar-refractivity contribution in [1.29, 1.82) is 0 Å². The van der Waals surface area contributed by atoms with Crippen molar-refractivity contribution in [2.24, 2.45) is 5.41 Å². The van der Waals surface area contributed by atoms with Crippen LogP contribution in [-0.2, 0) is 28.9 Å². The highest BCUT2D eigenvalue weighted by molar-refractivity contribution is 6.05. The van der Waals surface area contributed by atoms with Crippen LogP contribution in [0.1, 0.15) is 59.2 Å². The Morgan fingerprint density at radius 3 is 2.56 bits per heavy atom. The van der Waals surface area contributed by atoms with E-state index in [-0.39, 0.29) is 54.6 Å². The Morgan fingerprint density at radius 2 is 1.89 bits per heavy atom. The Bertz CT molecular complexity index is 1280. The van der Waals surface area contributed by atoms with Crippen LogP contribution in [0.15, 0.2) is 30.5 Å². The van der Waals surface area contributed by atoms with Gasteiger partial charge in [-0.15, -0.1) is 0 Å². The van der Waals surface area contributed by atoms with Gasteiger partial charge in [0.25, 0.3) is 5.91 Å². The molecule has 3 aliphatic heterocycles. The molecule has 36 heavy (non-hydrogen) atoms. The molecule has 4 heterocycles. The van der Waals surface area contributed by atoms with Gasteiger partial charge in [-0.25, -0.2) is 0 Å². The van der Waals surface area contributed by atoms with Gasteiger partial charge in [-0.1, -0.05) is 12.5 Å². The lowest BCUT2D eigenvalue weighted by Gasteiger charge is -2.56. The zero-order chi connectivity index (χ0) is 25.2. The van der Waals surface area contributed by atoms with Crippen molar-refractivity contribution in [3.63, 3.8) is 0 Å². The zero-order valence-corrected chi connectivity index (χ0v) is 19.5. The molecule has 0 radical (unpaired) electrons. The third-order valence-electron chi connectivity index (χ3n) is 8.04. The summed E-state index contributed by atoms with van der Waals surface area (Å²) in [4.78, 5) is 44.3. The van der Waals surface area contributed by atoms with E-state index in [1.165, 1.54) is 35.7 Å². The average Bonchev–Trinajstić information content (AvgIpc) is 3.09. The maximum Gasteiger partial charge on any atom is 0.418 e. The number of imide groups is 1. The number of likely N-dealkylation sites (tertiary alicyclic amines) is 1. The highest BCUT2D eigenvalue weighted by atomic mass is 19.4. The Balaban J connectivity index is 1.29. The van der Waals surface area contributed by atoms with E-state index in [0.29, 0.717) is 16.5 Å². The lowest BCUT2D eigenvalue weighted by Crippen LogP contribution is -2.59. The summed E-state index contributed by atoms with van der Waals surface area (Å²) in [6.45, 7) is 1.97. The van der Waals surface area contributed by atoms with Crippen LogP contribution in [-0.4, -0.2) is 51.6 Å². The Labute approximate surface area is 205 Å². The van der Waals surface area contributed by atoms with Crippen LogP contribution < -0.4 is 5.32 Å². The summed E-state index contributed by atoms with van der Waals surface area (Å²) in [6, 6.07) is 5.21. The molecule has 6 rings (SSSR count). The first-order valence-corrected chi connectivity index (χ1v) is 12.2. The number of rotatable bonds is 4. The van der Waals surface area contributed by atoms with Gasteiger partial charge in [-0.05, 0) is 54.0 Å². The number of amides is 3. The van der Waals surface area contributed by atoms with Crippen LogP contribution in [0.2, 0.25) is 0 Å². The SMILES string of the molecule is O=C1CCC(N2Cc3cc(-c4nccc(CN5CC6(CCC6)C5)c4C(F)(F)F)ccc3C2=O)C(=O)N1. The summed E-state index contributed by atoms with van der Waals surface area (Å²) in [7, 11) is 0. The molecule has 1 aromatic carbocycles. The fraction of sp³-hybridized carbons (Fsp3) is 0.462. The molecule has 0 bridgehead atoms. The topological polar surface area (TPSA) is 82.6 Å². The summed E-state index contributed by atoms with van der Waals surface area (Å²) < 4.78 is 43.0. The molecule has 10 heteroatoms.